The number of hydrogen-bond acceptors (Lipinski definition) is 3. The number of nitro benzene ring substituents is 1. The quantitative estimate of drug-likeness (QED) is 0.666. The Morgan fingerprint density at radius 3 is 2.48 bits per heavy atom. The number of hydrogen-bond donors (Lipinski definition) is 1. The SMILES string of the molecule is CC(C)c1cc(NC(=O)C2CCCCC2)cc([N+](=O)[O-])c1. The van der Waals surface area contributed by atoms with Crippen molar-refractivity contribution in [3.8, 4) is 0 Å². The maximum absolute atomic E-state index is 12.2. The molecule has 0 unspecified atom stereocenters. The number of rotatable bonds is 4. The molecule has 1 aliphatic carbocycles. The van der Waals surface area contributed by atoms with E-state index in [9.17, 15) is 14.9 Å². The summed E-state index contributed by atoms with van der Waals surface area (Å²) in [6, 6.07) is 4.84. The molecule has 1 saturated carbocycles. The number of nitrogens with one attached hydrogen (secondary N) is 1. The van der Waals surface area contributed by atoms with Gasteiger partial charge in [-0.1, -0.05) is 33.1 Å². The van der Waals surface area contributed by atoms with Crippen molar-refractivity contribution in [1.82, 2.24) is 0 Å². The van der Waals surface area contributed by atoms with Gasteiger partial charge in [-0.3, -0.25) is 14.9 Å². The van der Waals surface area contributed by atoms with Crippen LogP contribution < -0.4 is 5.32 Å². The van der Waals surface area contributed by atoms with E-state index in [0.717, 1.165) is 31.2 Å². The average molecular weight is 290 g/mol. The molecular formula is C16H22N2O3. The summed E-state index contributed by atoms with van der Waals surface area (Å²) in [6.45, 7) is 3.96. The molecule has 0 atom stereocenters. The number of benzene rings is 1. The monoisotopic (exact) mass is 290 g/mol. The van der Waals surface area contributed by atoms with Gasteiger partial charge in [-0.15, -0.1) is 0 Å². The van der Waals surface area contributed by atoms with Crippen molar-refractivity contribution in [1.29, 1.82) is 0 Å². The van der Waals surface area contributed by atoms with Gasteiger partial charge in [-0.25, -0.2) is 0 Å². The number of nitro groups is 1. The highest BCUT2D eigenvalue weighted by atomic mass is 16.6. The molecule has 0 bridgehead atoms. The fourth-order valence-electron chi connectivity index (χ4n) is 2.75. The number of carbonyl (C=O) groups excluding carboxylic acids is 1. The van der Waals surface area contributed by atoms with Gasteiger partial charge in [0.1, 0.15) is 0 Å². The Morgan fingerprint density at radius 2 is 1.90 bits per heavy atom. The second kappa shape index (κ2) is 6.70. The summed E-state index contributed by atoms with van der Waals surface area (Å²) >= 11 is 0. The summed E-state index contributed by atoms with van der Waals surface area (Å²) in [5.74, 6) is 0.209. The van der Waals surface area contributed by atoms with E-state index in [1.54, 1.807) is 6.07 Å². The van der Waals surface area contributed by atoms with E-state index in [0.29, 0.717) is 5.69 Å². The van der Waals surface area contributed by atoms with Crippen LogP contribution in [0.15, 0.2) is 18.2 Å². The van der Waals surface area contributed by atoms with E-state index in [-0.39, 0.29) is 23.4 Å². The topological polar surface area (TPSA) is 72.2 Å². The van der Waals surface area contributed by atoms with E-state index in [1.807, 2.05) is 19.9 Å². The molecule has 0 heterocycles. The molecule has 2 rings (SSSR count). The molecule has 1 fully saturated rings. The van der Waals surface area contributed by atoms with Crippen LogP contribution in [0.4, 0.5) is 11.4 Å². The lowest BCUT2D eigenvalue weighted by atomic mass is 9.88. The first-order valence-corrected chi connectivity index (χ1v) is 7.57. The molecule has 114 valence electrons. The van der Waals surface area contributed by atoms with Crippen molar-refractivity contribution < 1.29 is 9.72 Å². The van der Waals surface area contributed by atoms with Gasteiger partial charge in [0.05, 0.1) is 4.92 Å². The predicted molar refractivity (Wildman–Crippen MR) is 82.4 cm³/mol. The smallest absolute Gasteiger partial charge is 0.271 e. The molecule has 0 saturated heterocycles. The van der Waals surface area contributed by atoms with Gasteiger partial charge in [0, 0.05) is 23.7 Å². The maximum Gasteiger partial charge on any atom is 0.271 e. The minimum Gasteiger partial charge on any atom is -0.326 e. The van der Waals surface area contributed by atoms with Gasteiger partial charge in [0.15, 0.2) is 0 Å². The van der Waals surface area contributed by atoms with Crippen molar-refractivity contribution in [2.24, 2.45) is 5.92 Å². The highest BCUT2D eigenvalue weighted by Crippen LogP contribution is 2.28. The van der Waals surface area contributed by atoms with Gasteiger partial charge < -0.3 is 5.32 Å². The van der Waals surface area contributed by atoms with Crippen LogP contribution in [0.25, 0.3) is 0 Å². The first-order chi connectivity index (χ1) is 9.97. The van der Waals surface area contributed by atoms with Gasteiger partial charge in [0.25, 0.3) is 5.69 Å². The fourth-order valence-corrected chi connectivity index (χ4v) is 2.75. The summed E-state index contributed by atoms with van der Waals surface area (Å²) in [6.07, 6.45) is 5.20. The Labute approximate surface area is 124 Å². The number of non-ortho nitro benzene ring substituents is 1. The second-order valence-electron chi connectivity index (χ2n) is 6.05. The molecule has 5 heteroatoms. The maximum atomic E-state index is 12.2. The summed E-state index contributed by atoms with van der Waals surface area (Å²) in [5, 5.41) is 13.9. The first-order valence-electron chi connectivity index (χ1n) is 7.57. The zero-order chi connectivity index (χ0) is 15.4. The van der Waals surface area contributed by atoms with Gasteiger partial charge >= 0.3 is 0 Å². The van der Waals surface area contributed by atoms with Crippen molar-refractivity contribution in [2.75, 3.05) is 5.32 Å². The van der Waals surface area contributed by atoms with Crippen LogP contribution in [0, 0.1) is 16.0 Å². The Bertz CT molecular complexity index is 534. The summed E-state index contributed by atoms with van der Waals surface area (Å²) in [4.78, 5) is 22.8. The third-order valence-electron chi connectivity index (χ3n) is 4.06. The van der Waals surface area contributed by atoms with Crippen LogP contribution in [-0.2, 0) is 4.79 Å². The standard InChI is InChI=1S/C16H22N2O3/c1-11(2)13-8-14(10-15(9-13)18(20)21)17-16(19)12-6-4-3-5-7-12/h8-12H,3-7H2,1-2H3,(H,17,19). The van der Waals surface area contributed by atoms with Crippen LogP contribution in [0.1, 0.15) is 57.4 Å². The van der Waals surface area contributed by atoms with Crippen LogP contribution in [-0.4, -0.2) is 10.8 Å². The highest BCUT2D eigenvalue weighted by molar-refractivity contribution is 5.93. The molecule has 1 aliphatic rings. The normalized spacial score (nSPS) is 16.0. The van der Waals surface area contributed by atoms with Gasteiger partial charge in [-0.2, -0.15) is 0 Å². The van der Waals surface area contributed by atoms with Crippen LogP contribution in [0.3, 0.4) is 0 Å². The lowest BCUT2D eigenvalue weighted by Crippen LogP contribution is -2.24. The Morgan fingerprint density at radius 1 is 1.24 bits per heavy atom. The average Bonchev–Trinajstić information content (AvgIpc) is 2.47. The fraction of sp³-hybridized carbons (Fsp3) is 0.562. The van der Waals surface area contributed by atoms with E-state index in [1.165, 1.54) is 12.5 Å². The second-order valence-corrected chi connectivity index (χ2v) is 6.05. The van der Waals surface area contributed by atoms with Crippen molar-refractivity contribution in [3.05, 3.63) is 33.9 Å². The number of nitrogens with zero attached hydrogens (tertiary/aromatic N) is 1. The largest absolute Gasteiger partial charge is 0.326 e. The van der Waals surface area contributed by atoms with Crippen molar-refractivity contribution in [2.45, 2.75) is 51.9 Å². The molecule has 0 spiro atoms. The molecule has 1 aromatic carbocycles. The summed E-state index contributed by atoms with van der Waals surface area (Å²) in [7, 11) is 0. The van der Waals surface area contributed by atoms with E-state index >= 15 is 0 Å². The molecule has 21 heavy (non-hydrogen) atoms. The lowest BCUT2D eigenvalue weighted by Gasteiger charge is -2.21. The summed E-state index contributed by atoms with van der Waals surface area (Å²) in [5.41, 5.74) is 1.42. The molecule has 0 aromatic heterocycles. The molecule has 0 radical (unpaired) electrons. The van der Waals surface area contributed by atoms with Crippen molar-refractivity contribution in [3.63, 3.8) is 0 Å². The molecular weight excluding hydrogens is 268 g/mol. The minimum atomic E-state index is -0.415. The number of amides is 1. The predicted octanol–water partition coefficient (Wildman–Crippen LogP) is 4.24. The van der Waals surface area contributed by atoms with Gasteiger partial charge in [0.2, 0.25) is 5.91 Å². The summed E-state index contributed by atoms with van der Waals surface area (Å²) < 4.78 is 0. The number of carbonyl (C=O) groups is 1. The van der Waals surface area contributed by atoms with Crippen LogP contribution in [0.5, 0.6) is 0 Å². The van der Waals surface area contributed by atoms with Crippen LogP contribution in [0.2, 0.25) is 0 Å². The Balaban J connectivity index is 2.18. The highest BCUT2D eigenvalue weighted by Gasteiger charge is 2.22. The molecule has 0 aliphatic heterocycles. The Hall–Kier alpha value is -1.91. The minimum absolute atomic E-state index is 0.00935. The Kier molecular flexibility index (Phi) is 4.94. The zero-order valence-electron chi connectivity index (χ0n) is 12.6. The lowest BCUT2D eigenvalue weighted by molar-refractivity contribution is -0.384. The zero-order valence-corrected chi connectivity index (χ0v) is 12.6. The third kappa shape index (κ3) is 4.03. The molecule has 1 aromatic rings. The van der Waals surface area contributed by atoms with Crippen LogP contribution >= 0.6 is 0 Å². The molecule has 1 N–H and O–H groups in total. The van der Waals surface area contributed by atoms with E-state index in [4.69, 9.17) is 0 Å². The van der Waals surface area contributed by atoms with E-state index < -0.39 is 4.92 Å². The molecule has 5 nitrogen and oxygen atoms in total. The molecule has 1 amide bonds. The number of anilines is 1. The van der Waals surface area contributed by atoms with E-state index in [2.05, 4.69) is 5.32 Å². The third-order valence-corrected chi connectivity index (χ3v) is 4.06. The first kappa shape index (κ1) is 15.5. The van der Waals surface area contributed by atoms with Gasteiger partial charge in [-0.05, 0) is 30.4 Å². The van der Waals surface area contributed by atoms with Crippen molar-refractivity contribution >= 4 is 17.3 Å².